The number of carbonyl (C=O) groups is 1. The maximum atomic E-state index is 12.5. The Morgan fingerprint density at radius 3 is 2.53 bits per heavy atom. The average molecular weight is 271 g/mol. The van der Waals surface area contributed by atoms with Crippen molar-refractivity contribution in [3.63, 3.8) is 0 Å². The van der Waals surface area contributed by atoms with Crippen LogP contribution in [0.5, 0.6) is 0 Å². The zero-order chi connectivity index (χ0) is 11.8. The van der Waals surface area contributed by atoms with Crippen LogP contribution in [0.25, 0.3) is 0 Å². The molecule has 2 atom stereocenters. The molecule has 100 valence electrons. The highest BCUT2D eigenvalue weighted by atomic mass is 35.5. The molecule has 7 heteroatoms. The number of rotatable bonds is 3. The molecule has 0 bridgehead atoms. The van der Waals surface area contributed by atoms with Crippen LogP contribution in [0, 0.1) is 11.8 Å². The summed E-state index contributed by atoms with van der Waals surface area (Å²) in [5.74, 6) is -3.53. The minimum Gasteiger partial charge on any atom is -0.391 e. The van der Waals surface area contributed by atoms with Gasteiger partial charge in [-0.05, 0) is 0 Å². The summed E-state index contributed by atoms with van der Waals surface area (Å²) in [6, 6.07) is 0. The Bertz CT molecular complexity index is 283. The third kappa shape index (κ3) is 3.50. The highest BCUT2D eigenvalue weighted by Gasteiger charge is 2.48. The normalized spacial score (nSPS) is 31.5. The van der Waals surface area contributed by atoms with Crippen LogP contribution in [0.3, 0.4) is 0 Å². The summed E-state index contributed by atoms with van der Waals surface area (Å²) in [6.07, 6.45) is -1.14. The minimum atomic E-state index is -2.66. The van der Waals surface area contributed by atoms with Crippen LogP contribution in [-0.4, -0.2) is 42.7 Å². The molecule has 2 rings (SSSR count). The Hall–Kier alpha value is -0.460. The maximum Gasteiger partial charge on any atom is 0.249 e. The van der Waals surface area contributed by atoms with Crippen molar-refractivity contribution in [1.82, 2.24) is 10.6 Å². The predicted octanol–water partition coefficient (Wildman–Crippen LogP) is 0.150. The second-order valence-electron chi connectivity index (χ2n) is 4.69. The van der Waals surface area contributed by atoms with E-state index in [1.165, 1.54) is 0 Å². The lowest BCUT2D eigenvalue weighted by molar-refractivity contribution is -0.150. The zero-order valence-electron chi connectivity index (χ0n) is 9.29. The highest BCUT2D eigenvalue weighted by molar-refractivity contribution is 5.85. The van der Waals surface area contributed by atoms with Crippen LogP contribution in [-0.2, 0) is 4.79 Å². The van der Waals surface area contributed by atoms with E-state index in [-0.39, 0.29) is 37.1 Å². The summed E-state index contributed by atoms with van der Waals surface area (Å²) in [6.45, 7) is 1.54. The standard InChI is InChI=1S/C10H16F2N2O2.ClH/c11-10(12)1-6(2-10)9(16)14-4-7-3-13-5-8(7)15;/h6-8,13,15H,1-5H2,(H,14,16);1H. The van der Waals surface area contributed by atoms with Gasteiger partial charge < -0.3 is 15.7 Å². The smallest absolute Gasteiger partial charge is 0.249 e. The second-order valence-corrected chi connectivity index (χ2v) is 4.69. The number of β-amino-alcohol motifs (C(OH)–C–C–N with tert-alkyl or cyclic N) is 1. The van der Waals surface area contributed by atoms with Gasteiger partial charge in [-0.2, -0.15) is 0 Å². The fourth-order valence-electron chi connectivity index (χ4n) is 2.15. The monoisotopic (exact) mass is 270 g/mol. The van der Waals surface area contributed by atoms with E-state index >= 15 is 0 Å². The predicted molar refractivity (Wildman–Crippen MR) is 60.3 cm³/mol. The van der Waals surface area contributed by atoms with Crippen molar-refractivity contribution in [1.29, 1.82) is 0 Å². The number of aliphatic hydroxyl groups is 1. The zero-order valence-corrected chi connectivity index (χ0v) is 10.1. The van der Waals surface area contributed by atoms with E-state index in [9.17, 15) is 18.7 Å². The molecule has 0 aromatic rings. The number of hydrogen-bond donors (Lipinski definition) is 3. The highest BCUT2D eigenvalue weighted by Crippen LogP contribution is 2.42. The van der Waals surface area contributed by atoms with E-state index in [1.807, 2.05) is 0 Å². The second kappa shape index (κ2) is 5.46. The van der Waals surface area contributed by atoms with E-state index in [1.54, 1.807) is 0 Å². The van der Waals surface area contributed by atoms with E-state index in [2.05, 4.69) is 10.6 Å². The number of carbonyl (C=O) groups excluding carboxylic acids is 1. The molecule has 0 aromatic carbocycles. The summed E-state index contributed by atoms with van der Waals surface area (Å²) in [5, 5.41) is 15.1. The van der Waals surface area contributed by atoms with Crippen LogP contribution in [0.4, 0.5) is 8.78 Å². The van der Waals surface area contributed by atoms with Gasteiger partial charge in [0.05, 0.1) is 6.10 Å². The van der Waals surface area contributed by atoms with E-state index < -0.39 is 17.9 Å². The molecule has 1 amide bonds. The Morgan fingerprint density at radius 1 is 1.41 bits per heavy atom. The van der Waals surface area contributed by atoms with Crippen molar-refractivity contribution in [3.8, 4) is 0 Å². The molecule has 3 N–H and O–H groups in total. The third-order valence-electron chi connectivity index (χ3n) is 3.30. The molecule has 1 aliphatic carbocycles. The number of aliphatic hydroxyl groups excluding tert-OH is 1. The largest absolute Gasteiger partial charge is 0.391 e. The van der Waals surface area contributed by atoms with Gasteiger partial charge in [0.1, 0.15) is 0 Å². The van der Waals surface area contributed by atoms with Crippen LogP contribution >= 0.6 is 12.4 Å². The van der Waals surface area contributed by atoms with Crippen LogP contribution in [0.15, 0.2) is 0 Å². The lowest BCUT2D eigenvalue weighted by Crippen LogP contribution is -2.46. The van der Waals surface area contributed by atoms with E-state index in [0.29, 0.717) is 19.6 Å². The molecule has 2 aliphatic rings. The molecule has 17 heavy (non-hydrogen) atoms. The average Bonchev–Trinajstić information content (AvgIpc) is 2.56. The van der Waals surface area contributed by atoms with Crippen molar-refractivity contribution in [2.45, 2.75) is 24.9 Å². The fourth-order valence-corrected chi connectivity index (χ4v) is 2.15. The van der Waals surface area contributed by atoms with Crippen molar-refractivity contribution < 1.29 is 18.7 Å². The number of nitrogens with one attached hydrogen (secondary N) is 2. The van der Waals surface area contributed by atoms with Gasteiger partial charge in [0, 0.05) is 44.3 Å². The van der Waals surface area contributed by atoms with Gasteiger partial charge in [-0.25, -0.2) is 8.78 Å². The molecular formula is C10H17ClF2N2O2. The lowest BCUT2D eigenvalue weighted by atomic mass is 9.80. The number of alkyl halides is 2. The number of halogens is 3. The maximum absolute atomic E-state index is 12.5. The van der Waals surface area contributed by atoms with Crippen molar-refractivity contribution in [2.75, 3.05) is 19.6 Å². The first kappa shape index (κ1) is 14.6. The first-order valence-electron chi connectivity index (χ1n) is 5.52. The first-order valence-corrected chi connectivity index (χ1v) is 5.52. The lowest BCUT2D eigenvalue weighted by Gasteiger charge is -2.33. The molecule has 2 fully saturated rings. The Balaban J connectivity index is 0.00000144. The van der Waals surface area contributed by atoms with Gasteiger partial charge in [-0.15, -0.1) is 12.4 Å². The molecule has 0 aromatic heterocycles. The summed E-state index contributed by atoms with van der Waals surface area (Å²) in [5.41, 5.74) is 0. The molecule has 2 unspecified atom stereocenters. The molecule has 4 nitrogen and oxygen atoms in total. The Kier molecular flexibility index (Phi) is 4.69. The van der Waals surface area contributed by atoms with Crippen LogP contribution in [0.1, 0.15) is 12.8 Å². The fraction of sp³-hybridized carbons (Fsp3) is 0.900. The van der Waals surface area contributed by atoms with Gasteiger partial charge in [0.25, 0.3) is 0 Å². The number of hydrogen-bond acceptors (Lipinski definition) is 3. The Labute approximate surface area is 105 Å². The van der Waals surface area contributed by atoms with Gasteiger partial charge in [0.2, 0.25) is 11.8 Å². The molecule has 1 saturated carbocycles. The molecule has 1 aliphatic heterocycles. The quantitative estimate of drug-likeness (QED) is 0.684. The number of amides is 1. The molecule has 0 radical (unpaired) electrons. The van der Waals surface area contributed by atoms with E-state index in [0.717, 1.165) is 0 Å². The summed E-state index contributed by atoms with van der Waals surface area (Å²) >= 11 is 0. The minimum absolute atomic E-state index is 0. The summed E-state index contributed by atoms with van der Waals surface area (Å²) < 4.78 is 25.0. The topological polar surface area (TPSA) is 61.4 Å². The molecular weight excluding hydrogens is 254 g/mol. The first-order chi connectivity index (χ1) is 7.48. The van der Waals surface area contributed by atoms with Gasteiger partial charge >= 0.3 is 0 Å². The van der Waals surface area contributed by atoms with Crippen molar-refractivity contribution >= 4 is 18.3 Å². The Morgan fingerprint density at radius 2 is 2.06 bits per heavy atom. The summed E-state index contributed by atoms with van der Waals surface area (Å²) in [4.78, 5) is 11.4. The van der Waals surface area contributed by atoms with Crippen molar-refractivity contribution in [2.24, 2.45) is 11.8 Å². The van der Waals surface area contributed by atoms with Gasteiger partial charge in [-0.1, -0.05) is 0 Å². The van der Waals surface area contributed by atoms with Gasteiger partial charge in [-0.3, -0.25) is 4.79 Å². The molecule has 0 spiro atoms. The van der Waals surface area contributed by atoms with Gasteiger partial charge in [0.15, 0.2) is 0 Å². The SMILES string of the molecule is Cl.O=C(NCC1CNCC1O)C1CC(F)(F)C1. The van der Waals surface area contributed by atoms with Crippen LogP contribution < -0.4 is 10.6 Å². The van der Waals surface area contributed by atoms with Crippen LogP contribution in [0.2, 0.25) is 0 Å². The molecule has 1 heterocycles. The van der Waals surface area contributed by atoms with Crippen molar-refractivity contribution in [3.05, 3.63) is 0 Å². The van der Waals surface area contributed by atoms with E-state index in [4.69, 9.17) is 0 Å². The summed E-state index contributed by atoms with van der Waals surface area (Å²) in [7, 11) is 0. The third-order valence-corrected chi connectivity index (χ3v) is 3.30. The molecule has 1 saturated heterocycles.